The van der Waals surface area contributed by atoms with Crippen LogP contribution in [0.1, 0.15) is 46.3 Å². The number of hydrogen-bond donors (Lipinski definition) is 3. The normalized spacial score (nSPS) is 16.2. The molecule has 0 aliphatic heterocycles. The molecule has 4 rings (SSSR count). The van der Waals surface area contributed by atoms with Crippen molar-refractivity contribution in [1.29, 1.82) is 0 Å². The second-order valence-corrected chi connectivity index (χ2v) is 8.56. The Kier molecular flexibility index (Phi) is 8.32. The zero-order valence-electron chi connectivity index (χ0n) is 18.2. The number of amides is 1. The molecule has 3 aromatic rings. The lowest BCUT2D eigenvalue weighted by molar-refractivity contribution is 0.102. The van der Waals surface area contributed by atoms with Gasteiger partial charge in [-0.3, -0.25) is 4.79 Å². The maximum absolute atomic E-state index is 12.8. The van der Waals surface area contributed by atoms with Crippen molar-refractivity contribution in [3.63, 3.8) is 0 Å². The summed E-state index contributed by atoms with van der Waals surface area (Å²) in [4.78, 5) is 12.8. The van der Waals surface area contributed by atoms with Crippen LogP contribution >= 0.6 is 12.4 Å². The Labute approximate surface area is 196 Å². The molecule has 0 spiro atoms. The molecule has 1 unspecified atom stereocenters. The molecule has 3 aromatic carbocycles. The number of carbonyl (C=O) groups excluding carboxylic acids is 1. The predicted octanol–water partition coefficient (Wildman–Crippen LogP) is 5.43. The van der Waals surface area contributed by atoms with Gasteiger partial charge in [0.25, 0.3) is 5.91 Å². The Hall–Kier alpha value is -2.82. The van der Waals surface area contributed by atoms with Crippen LogP contribution in [0.3, 0.4) is 0 Å². The molecule has 1 aliphatic rings. The van der Waals surface area contributed by atoms with E-state index in [0.29, 0.717) is 23.6 Å². The standard InChI is InChI=1S/C27H30N2O2.ClH/c28-26-18-22(27(31)29-23-11-5-2-6-12-23)17-21-14-20(10-7-13-25(21)26)16-24(30)15-19-8-3-1-4-9-19;/h1-6,8-9,11-12,17-18,20,24,30H,7,10,13-16,28H2,(H,29,31);1H/t20?,24-;/m1./s1. The van der Waals surface area contributed by atoms with Crippen molar-refractivity contribution in [3.8, 4) is 0 Å². The van der Waals surface area contributed by atoms with E-state index in [4.69, 9.17) is 5.73 Å². The second-order valence-electron chi connectivity index (χ2n) is 8.56. The highest BCUT2D eigenvalue weighted by molar-refractivity contribution is 6.05. The largest absolute Gasteiger partial charge is 0.398 e. The summed E-state index contributed by atoms with van der Waals surface area (Å²) in [6.07, 6.45) is 4.95. The SMILES string of the molecule is Cl.Nc1cc(C(=O)Nc2ccccc2)cc2c1CCCC(C[C@H](O)Cc1ccccc1)C2. The van der Waals surface area contributed by atoms with Crippen molar-refractivity contribution >= 4 is 29.7 Å². The zero-order valence-corrected chi connectivity index (χ0v) is 19.0. The number of benzene rings is 3. The van der Waals surface area contributed by atoms with Gasteiger partial charge < -0.3 is 16.2 Å². The minimum atomic E-state index is -0.365. The number of aliphatic hydroxyl groups is 1. The molecule has 0 aromatic heterocycles. The van der Waals surface area contributed by atoms with Crippen LogP contribution in [0.4, 0.5) is 11.4 Å². The fourth-order valence-electron chi connectivity index (χ4n) is 4.64. The summed E-state index contributed by atoms with van der Waals surface area (Å²) >= 11 is 0. The maximum Gasteiger partial charge on any atom is 0.255 e. The maximum atomic E-state index is 12.8. The van der Waals surface area contributed by atoms with Gasteiger partial charge in [-0.2, -0.15) is 0 Å². The molecule has 0 fully saturated rings. The van der Waals surface area contributed by atoms with Gasteiger partial charge in [0.2, 0.25) is 0 Å². The molecule has 168 valence electrons. The summed E-state index contributed by atoms with van der Waals surface area (Å²) in [6.45, 7) is 0. The fourth-order valence-corrected chi connectivity index (χ4v) is 4.64. The third kappa shape index (κ3) is 6.12. The van der Waals surface area contributed by atoms with Crippen molar-refractivity contribution < 1.29 is 9.90 Å². The van der Waals surface area contributed by atoms with E-state index in [9.17, 15) is 9.90 Å². The third-order valence-electron chi connectivity index (χ3n) is 6.14. The minimum absolute atomic E-state index is 0. The monoisotopic (exact) mass is 450 g/mol. The number of rotatable bonds is 6. The first kappa shape index (κ1) is 23.8. The molecular weight excluding hydrogens is 420 g/mol. The van der Waals surface area contributed by atoms with Gasteiger partial charge in [0, 0.05) is 16.9 Å². The van der Waals surface area contributed by atoms with Crippen molar-refractivity contribution in [3.05, 3.63) is 95.1 Å². The van der Waals surface area contributed by atoms with E-state index in [2.05, 4.69) is 17.4 Å². The number of hydrogen-bond acceptors (Lipinski definition) is 3. The van der Waals surface area contributed by atoms with Crippen LogP contribution in [0.5, 0.6) is 0 Å². The van der Waals surface area contributed by atoms with Crippen molar-refractivity contribution in [1.82, 2.24) is 0 Å². The predicted molar refractivity (Wildman–Crippen MR) is 133 cm³/mol. The second kappa shape index (κ2) is 11.2. The van der Waals surface area contributed by atoms with E-state index in [1.165, 1.54) is 0 Å². The molecule has 32 heavy (non-hydrogen) atoms. The topological polar surface area (TPSA) is 75.4 Å². The lowest BCUT2D eigenvalue weighted by Crippen LogP contribution is -2.18. The number of nitrogens with two attached hydrogens (primary N) is 1. The van der Waals surface area contributed by atoms with Crippen LogP contribution in [0.15, 0.2) is 72.8 Å². The molecule has 5 heteroatoms. The summed E-state index contributed by atoms with van der Waals surface area (Å²) in [7, 11) is 0. The summed E-state index contributed by atoms with van der Waals surface area (Å²) in [5, 5.41) is 13.6. The molecule has 2 atom stereocenters. The fraction of sp³-hybridized carbons (Fsp3) is 0.296. The minimum Gasteiger partial charge on any atom is -0.398 e. The number of aliphatic hydroxyl groups excluding tert-OH is 1. The van der Waals surface area contributed by atoms with Crippen LogP contribution in [0.25, 0.3) is 0 Å². The Morgan fingerprint density at radius 2 is 1.75 bits per heavy atom. The van der Waals surface area contributed by atoms with E-state index < -0.39 is 0 Å². The lowest BCUT2D eigenvalue weighted by Gasteiger charge is -2.20. The smallest absolute Gasteiger partial charge is 0.255 e. The Balaban J connectivity index is 0.00000289. The van der Waals surface area contributed by atoms with E-state index in [-0.39, 0.29) is 24.4 Å². The number of para-hydroxylation sites is 1. The van der Waals surface area contributed by atoms with Gasteiger partial charge in [-0.1, -0.05) is 48.5 Å². The van der Waals surface area contributed by atoms with Crippen molar-refractivity contribution in [2.75, 3.05) is 11.1 Å². The number of nitrogens with one attached hydrogen (secondary N) is 1. The summed E-state index contributed by atoms with van der Waals surface area (Å²) in [5.74, 6) is 0.234. The summed E-state index contributed by atoms with van der Waals surface area (Å²) in [6, 6.07) is 23.4. The van der Waals surface area contributed by atoms with Crippen LogP contribution in [0, 0.1) is 5.92 Å². The Bertz CT molecular complexity index is 1020. The van der Waals surface area contributed by atoms with E-state index in [1.54, 1.807) is 6.07 Å². The molecule has 4 nitrogen and oxygen atoms in total. The average Bonchev–Trinajstić information content (AvgIpc) is 2.97. The van der Waals surface area contributed by atoms with Gasteiger partial charge in [0.15, 0.2) is 0 Å². The van der Waals surface area contributed by atoms with Gasteiger partial charge in [-0.25, -0.2) is 0 Å². The first-order chi connectivity index (χ1) is 15.1. The summed E-state index contributed by atoms with van der Waals surface area (Å²) in [5.41, 5.74) is 11.9. The number of anilines is 2. The molecular formula is C27H31ClN2O2. The molecule has 0 radical (unpaired) electrons. The number of halogens is 1. The zero-order chi connectivity index (χ0) is 21.6. The highest BCUT2D eigenvalue weighted by Crippen LogP contribution is 2.32. The molecule has 0 heterocycles. The number of fused-ring (bicyclic) bond motifs is 1. The summed E-state index contributed by atoms with van der Waals surface area (Å²) < 4.78 is 0. The van der Waals surface area contributed by atoms with E-state index in [0.717, 1.165) is 54.5 Å². The third-order valence-corrected chi connectivity index (χ3v) is 6.14. The Morgan fingerprint density at radius 1 is 1.06 bits per heavy atom. The van der Waals surface area contributed by atoms with Crippen LogP contribution in [-0.4, -0.2) is 17.1 Å². The molecule has 1 aliphatic carbocycles. The van der Waals surface area contributed by atoms with Gasteiger partial charge >= 0.3 is 0 Å². The average molecular weight is 451 g/mol. The highest BCUT2D eigenvalue weighted by Gasteiger charge is 2.23. The molecule has 4 N–H and O–H groups in total. The van der Waals surface area contributed by atoms with Crippen LogP contribution < -0.4 is 11.1 Å². The van der Waals surface area contributed by atoms with E-state index >= 15 is 0 Å². The molecule has 0 saturated carbocycles. The van der Waals surface area contributed by atoms with Gasteiger partial charge in [-0.05, 0) is 85.4 Å². The lowest BCUT2D eigenvalue weighted by atomic mass is 9.89. The van der Waals surface area contributed by atoms with Gasteiger partial charge in [0.1, 0.15) is 0 Å². The van der Waals surface area contributed by atoms with E-state index in [1.807, 2.05) is 54.6 Å². The first-order valence-electron chi connectivity index (χ1n) is 11.1. The van der Waals surface area contributed by atoms with Gasteiger partial charge in [0.05, 0.1) is 6.10 Å². The molecule has 0 saturated heterocycles. The first-order valence-corrected chi connectivity index (χ1v) is 11.1. The van der Waals surface area contributed by atoms with Crippen LogP contribution in [-0.2, 0) is 19.3 Å². The van der Waals surface area contributed by atoms with Crippen molar-refractivity contribution in [2.45, 2.75) is 44.6 Å². The Morgan fingerprint density at radius 3 is 2.47 bits per heavy atom. The number of carbonyl (C=O) groups is 1. The number of nitrogen functional groups attached to an aromatic ring is 1. The van der Waals surface area contributed by atoms with Crippen LogP contribution in [0.2, 0.25) is 0 Å². The van der Waals surface area contributed by atoms with Gasteiger partial charge in [-0.15, -0.1) is 12.4 Å². The quantitative estimate of drug-likeness (QED) is 0.346. The molecule has 0 bridgehead atoms. The van der Waals surface area contributed by atoms with Crippen molar-refractivity contribution in [2.24, 2.45) is 5.92 Å². The molecule has 1 amide bonds. The highest BCUT2D eigenvalue weighted by atomic mass is 35.5.